The minimum Gasteiger partial charge on any atom is -0.397 e. The third-order valence-corrected chi connectivity index (χ3v) is 4.17. The Hall–Kier alpha value is -0.970. The van der Waals surface area contributed by atoms with Gasteiger partial charge in [-0.2, -0.15) is 0 Å². The van der Waals surface area contributed by atoms with E-state index in [2.05, 4.69) is 5.32 Å². The molecule has 20 heavy (non-hydrogen) atoms. The first-order valence-corrected chi connectivity index (χ1v) is 7.23. The maximum atomic E-state index is 12.2. The molecule has 4 nitrogen and oxygen atoms in total. The fourth-order valence-corrected chi connectivity index (χ4v) is 2.70. The molecular weight excluding hydrogens is 299 g/mol. The molecule has 0 aliphatic carbocycles. The first-order chi connectivity index (χ1) is 9.28. The van der Waals surface area contributed by atoms with Gasteiger partial charge in [0.25, 0.3) is 5.91 Å². The van der Waals surface area contributed by atoms with E-state index in [0.29, 0.717) is 17.9 Å². The zero-order valence-electron chi connectivity index (χ0n) is 11.5. The van der Waals surface area contributed by atoms with Crippen molar-refractivity contribution in [2.45, 2.75) is 38.3 Å². The van der Waals surface area contributed by atoms with E-state index in [4.69, 9.17) is 33.7 Å². The Bertz CT molecular complexity index is 509. The van der Waals surface area contributed by atoms with Gasteiger partial charge in [-0.1, -0.05) is 23.2 Å². The molecule has 1 aromatic carbocycles. The molecule has 1 atom stereocenters. The molecule has 1 aromatic rings. The number of rotatable bonds is 2. The Morgan fingerprint density at radius 1 is 1.45 bits per heavy atom. The van der Waals surface area contributed by atoms with E-state index in [-0.39, 0.29) is 27.6 Å². The van der Waals surface area contributed by atoms with Crippen molar-refractivity contribution in [1.82, 2.24) is 5.32 Å². The Balaban J connectivity index is 2.09. The summed E-state index contributed by atoms with van der Waals surface area (Å²) in [5.41, 5.74) is 6.22. The second kappa shape index (κ2) is 5.80. The summed E-state index contributed by atoms with van der Waals surface area (Å²) in [5.74, 6) is -0.196. The molecule has 1 aliphatic rings. The Morgan fingerprint density at radius 3 is 2.75 bits per heavy atom. The maximum absolute atomic E-state index is 12.2. The summed E-state index contributed by atoms with van der Waals surface area (Å²) in [6, 6.07) is 3.15. The molecule has 6 heteroatoms. The molecule has 0 bridgehead atoms. The van der Waals surface area contributed by atoms with Crippen LogP contribution in [0.3, 0.4) is 0 Å². The highest BCUT2D eigenvalue weighted by atomic mass is 35.5. The van der Waals surface area contributed by atoms with Crippen molar-refractivity contribution in [2.24, 2.45) is 0 Å². The second-order valence-corrected chi connectivity index (χ2v) is 6.42. The monoisotopic (exact) mass is 316 g/mol. The molecule has 1 fully saturated rings. The summed E-state index contributed by atoms with van der Waals surface area (Å²) in [6.07, 6.45) is 1.57. The Kier molecular flexibility index (Phi) is 4.47. The quantitative estimate of drug-likeness (QED) is 0.823. The number of carbonyl (C=O) groups is 1. The minimum absolute atomic E-state index is 0.0851. The van der Waals surface area contributed by atoms with Gasteiger partial charge in [-0.3, -0.25) is 4.79 Å². The Labute approximate surface area is 128 Å². The number of halogens is 2. The van der Waals surface area contributed by atoms with Gasteiger partial charge >= 0.3 is 0 Å². The predicted molar refractivity (Wildman–Crippen MR) is 81.4 cm³/mol. The van der Waals surface area contributed by atoms with Gasteiger partial charge in [0, 0.05) is 18.2 Å². The largest absolute Gasteiger partial charge is 0.397 e. The normalized spacial score (nSPS) is 21.5. The van der Waals surface area contributed by atoms with Gasteiger partial charge in [0.1, 0.15) is 0 Å². The van der Waals surface area contributed by atoms with Gasteiger partial charge in [0.15, 0.2) is 0 Å². The predicted octanol–water partition coefficient (Wildman–Crippen LogP) is 3.26. The zero-order chi connectivity index (χ0) is 14.9. The number of anilines is 1. The summed E-state index contributed by atoms with van der Waals surface area (Å²) < 4.78 is 5.63. The lowest BCUT2D eigenvalue weighted by Crippen LogP contribution is -2.45. The van der Waals surface area contributed by atoms with E-state index in [1.807, 2.05) is 13.8 Å². The lowest BCUT2D eigenvalue weighted by Gasteiger charge is -2.35. The summed E-state index contributed by atoms with van der Waals surface area (Å²) in [5, 5.41) is 3.54. The lowest BCUT2D eigenvalue weighted by molar-refractivity contribution is -0.0615. The molecule has 0 aromatic heterocycles. The highest BCUT2D eigenvalue weighted by molar-refractivity contribution is 6.43. The topological polar surface area (TPSA) is 64.4 Å². The van der Waals surface area contributed by atoms with Crippen LogP contribution in [0.5, 0.6) is 0 Å². The molecular formula is C14H18Cl2N2O2. The van der Waals surface area contributed by atoms with Crippen LogP contribution in [0.25, 0.3) is 0 Å². The number of hydrogen-bond donors (Lipinski definition) is 2. The molecule has 0 radical (unpaired) electrons. The van der Waals surface area contributed by atoms with Crippen molar-refractivity contribution in [2.75, 3.05) is 12.3 Å². The fraction of sp³-hybridized carbons (Fsp3) is 0.500. The number of hydrogen-bond acceptors (Lipinski definition) is 3. The molecule has 1 amide bonds. The maximum Gasteiger partial charge on any atom is 0.251 e. The van der Waals surface area contributed by atoms with E-state index in [0.717, 1.165) is 12.8 Å². The van der Waals surface area contributed by atoms with Gasteiger partial charge in [-0.25, -0.2) is 0 Å². The molecule has 110 valence electrons. The summed E-state index contributed by atoms with van der Waals surface area (Å²) in [7, 11) is 0. The zero-order valence-corrected chi connectivity index (χ0v) is 13.0. The average Bonchev–Trinajstić information content (AvgIpc) is 2.34. The van der Waals surface area contributed by atoms with E-state index in [9.17, 15) is 4.79 Å². The van der Waals surface area contributed by atoms with Crippen LogP contribution in [-0.4, -0.2) is 24.2 Å². The number of nitrogens with one attached hydrogen (secondary N) is 1. The van der Waals surface area contributed by atoms with Gasteiger partial charge in [-0.05, 0) is 38.8 Å². The van der Waals surface area contributed by atoms with Gasteiger partial charge in [0.05, 0.1) is 21.3 Å². The van der Waals surface area contributed by atoms with Crippen LogP contribution < -0.4 is 11.1 Å². The van der Waals surface area contributed by atoms with Crippen LogP contribution in [0.2, 0.25) is 10.0 Å². The lowest BCUT2D eigenvalue weighted by atomic mass is 9.94. The number of amides is 1. The highest BCUT2D eigenvalue weighted by Crippen LogP contribution is 2.30. The van der Waals surface area contributed by atoms with Crippen LogP contribution in [0.15, 0.2) is 12.1 Å². The first-order valence-electron chi connectivity index (χ1n) is 6.48. The minimum atomic E-state index is -0.215. The van der Waals surface area contributed by atoms with Crippen LogP contribution in [0.1, 0.15) is 37.0 Å². The van der Waals surface area contributed by atoms with E-state index in [1.165, 1.54) is 12.1 Å². The van der Waals surface area contributed by atoms with Gasteiger partial charge in [-0.15, -0.1) is 0 Å². The van der Waals surface area contributed by atoms with Gasteiger partial charge in [0.2, 0.25) is 0 Å². The van der Waals surface area contributed by atoms with Crippen LogP contribution in [0, 0.1) is 0 Å². The number of benzene rings is 1. The van der Waals surface area contributed by atoms with Crippen LogP contribution in [0.4, 0.5) is 5.69 Å². The fourth-order valence-electron chi connectivity index (χ4n) is 2.37. The molecule has 2 rings (SSSR count). The molecule has 3 N–H and O–H groups in total. The number of nitrogens with two attached hydrogens (primary N) is 1. The Morgan fingerprint density at radius 2 is 2.15 bits per heavy atom. The molecule has 1 aliphatic heterocycles. The molecule has 1 heterocycles. The van der Waals surface area contributed by atoms with Gasteiger partial charge < -0.3 is 15.8 Å². The van der Waals surface area contributed by atoms with Crippen molar-refractivity contribution < 1.29 is 9.53 Å². The molecule has 1 saturated heterocycles. The highest BCUT2D eigenvalue weighted by Gasteiger charge is 2.29. The average molecular weight is 317 g/mol. The van der Waals surface area contributed by atoms with Crippen LogP contribution in [-0.2, 0) is 4.74 Å². The molecule has 0 saturated carbocycles. The first kappa shape index (κ1) is 15.4. The van der Waals surface area contributed by atoms with Crippen molar-refractivity contribution >= 4 is 34.8 Å². The standard InChI is InChI=1S/C14H18Cl2N2O2/c1-14(2)7-9(3-4-20-14)18-13(19)8-5-10(15)12(16)11(17)6-8/h5-6,9H,3-4,7,17H2,1-2H3,(H,18,19). The van der Waals surface area contributed by atoms with E-state index < -0.39 is 0 Å². The molecule has 0 spiro atoms. The van der Waals surface area contributed by atoms with Crippen molar-refractivity contribution in [1.29, 1.82) is 0 Å². The smallest absolute Gasteiger partial charge is 0.251 e. The number of nitrogen functional groups attached to an aromatic ring is 1. The van der Waals surface area contributed by atoms with Crippen molar-refractivity contribution in [3.8, 4) is 0 Å². The van der Waals surface area contributed by atoms with E-state index in [1.54, 1.807) is 0 Å². The van der Waals surface area contributed by atoms with Crippen molar-refractivity contribution in [3.63, 3.8) is 0 Å². The summed E-state index contributed by atoms with van der Waals surface area (Å²) >= 11 is 11.8. The number of ether oxygens (including phenoxy) is 1. The third kappa shape index (κ3) is 3.57. The molecule has 1 unspecified atom stereocenters. The summed E-state index contributed by atoms with van der Waals surface area (Å²) in [6.45, 7) is 4.67. The second-order valence-electron chi connectivity index (χ2n) is 5.63. The SMILES string of the molecule is CC1(C)CC(NC(=O)c2cc(N)c(Cl)c(Cl)c2)CCO1. The third-order valence-electron chi connectivity index (χ3n) is 3.35. The summed E-state index contributed by atoms with van der Waals surface area (Å²) in [4.78, 5) is 12.2. The van der Waals surface area contributed by atoms with Crippen LogP contribution >= 0.6 is 23.2 Å². The number of carbonyl (C=O) groups excluding carboxylic acids is 1. The van der Waals surface area contributed by atoms with E-state index >= 15 is 0 Å². The van der Waals surface area contributed by atoms with Crippen molar-refractivity contribution in [3.05, 3.63) is 27.7 Å².